The van der Waals surface area contributed by atoms with Crippen molar-refractivity contribution in [2.24, 2.45) is 0 Å². The molecule has 0 spiro atoms. The van der Waals surface area contributed by atoms with Gasteiger partial charge in [0.05, 0.1) is 0 Å². The van der Waals surface area contributed by atoms with E-state index in [4.69, 9.17) is 5.11 Å². The molecule has 0 atom stereocenters. The first kappa shape index (κ1) is 13.3. The van der Waals surface area contributed by atoms with Crippen LogP contribution < -0.4 is 4.90 Å². The highest BCUT2D eigenvalue weighted by atomic mass is 19.1. The van der Waals surface area contributed by atoms with Crippen LogP contribution >= 0.6 is 0 Å². The van der Waals surface area contributed by atoms with Crippen LogP contribution in [0.3, 0.4) is 0 Å². The zero-order valence-corrected chi connectivity index (χ0v) is 10.6. The first-order valence-electron chi connectivity index (χ1n) is 6.13. The van der Waals surface area contributed by atoms with E-state index in [9.17, 15) is 9.18 Å². The molecule has 100 valence electrons. The fraction of sp³-hybridized carbons (Fsp3) is 0.286. The van der Waals surface area contributed by atoms with Gasteiger partial charge in [0.2, 0.25) is 0 Å². The third-order valence-corrected chi connectivity index (χ3v) is 2.83. The number of hydrogen-bond donors (Lipinski definition) is 1. The van der Waals surface area contributed by atoms with Crippen LogP contribution in [-0.4, -0.2) is 29.1 Å². The highest BCUT2D eigenvalue weighted by molar-refractivity contribution is 5.93. The number of rotatable bonds is 5. The van der Waals surface area contributed by atoms with Crippen LogP contribution in [-0.2, 0) is 4.79 Å². The lowest BCUT2D eigenvalue weighted by Crippen LogP contribution is -2.31. The minimum Gasteiger partial charge on any atom is -0.480 e. The van der Waals surface area contributed by atoms with Gasteiger partial charge in [0, 0.05) is 18.1 Å². The highest BCUT2D eigenvalue weighted by Gasteiger charge is 2.14. The number of halogens is 1. The molecule has 5 heteroatoms. The fourth-order valence-corrected chi connectivity index (χ4v) is 2.07. The number of aliphatic carboxylic acids is 1. The molecule has 0 saturated carbocycles. The summed E-state index contributed by atoms with van der Waals surface area (Å²) in [7, 11) is 0. The molecule has 0 amide bonds. The minimum atomic E-state index is -0.927. The number of hydrogen-bond acceptors (Lipinski definition) is 3. The van der Waals surface area contributed by atoms with Gasteiger partial charge in [-0.2, -0.15) is 0 Å². The predicted molar refractivity (Wildman–Crippen MR) is 71.8 cm³/mol. The van der Waals surface area contributed by atoms with E-state index in [-0.39, 0.29) is 12.4 Å². The molecule has 1 heterocycles. The number of carboxylic acid groups (broad SMARTS) is 1. The van der Waals surface area contributed by atoms with E-state index in [2.05, 4.69) is 4.98 Å². The van der Waals surface area contributed by atoms with E-state index in [1.807, 2.05) is 6.92 Å². The van der Waals surface area contributed by atoms with Crippen molar-refractivity contribution in [3.63, 3.8) is 0 Å². The molecule has 2 aromatic rings. The lowest BCUT2D eigenvalue weighted by molar-refractivity contribution is -0.135. The smallest absolute Gasteiger partial charge is 0.323 e. The second kappa shape index (κ2) is 5.65. The molecule has 0 aliphatic rings. The largest absolute Gasteiger partial charge is 0.480 e. The van der Waals surface area contributed by atoms with Gasteiger partial charge in [0.25, 0.3) is 0 Å². The Morgan fingerprint density at radius 3 is 2.89 bits per heavy atom. The quantitative estimate of drug-likeness (QED) is 0.900. The van der Waals surface area contributed by atoms with Gasteiger partial charge in [-0.05, 0) is 30.0 Å². The Morgan fingerprint density at radius 2 is 2.21 bits per heavy atom. The number of benzene rings is 1. The van der Waals surface area contributed by atoms with E-state index >= 15 is 0 Å². The zero-order chi connectivity index (χ0) is 13.8. The van der Waals surface area contributed by atoms with Crippen molar-refractivity contribution in [3.8, 4) is 0 Å². The zero-order valence-electron chi connectivity index (χ0n) is 10.6. The number of carboxylic acids is 1. The van der Waals surface area contributed by atoms with Crippen molar-refractivity contribution in [2.75, 3.05) is 18.0 Å². The summed E-state index contributed by atoms with van der Waals surface area (Å²) in [4.78, 5) is 16.8. The molecule has 0 saturated heterocycles. The first-order chi connectivity index (χ1) is 9.11. The Bertz CT molecular complexity index is 601. The van der Waals surface area contributed by atoms with Crippen molar-refractivity contribution in [3.05, 3.63) is 36.3 Å². The molecule has 0 fully saturated rings. The van der Waals surface area contributed by atoms with E-state index in [0.29, 0.717) is 17.7 Å². The summed E-state index contributed by atoms with van der Waals surface area (Å²) in [5.74, 6) is -0.765. The Labute approximate surface area is 110 Å². The van der Waals surface area contributed by atoms with Crippen LogP contribution in [0.4, 0.5) is 10.2 Å². The van der Waals surface area contributed by atoms with E-state index < -0.39 is 5.97 Å². The number of nitrogens with zero attached hydrogens (tertiary/aromatic N) is 2. The van der Waals surface area contributed by atoms with Crippen LogP contribution in [0.25, 0.3) is 10.8 Å². The molecule has 0 aliphatic carbocycles. The molecule has 1 aromatic carbocycles. The van der Waals surface area contributed by atoms with Gasteiger partial charge in [0.1, 0.15) is 18.2 Å². The molecule has 19 heavy (non-hydrogen) atoms. The van der Waals surface area contributed by atoms with Crippen LogP contribution in [0, 0.1) is 5.82 Å². The lowest BCUT2D eigenvalue weighted by atomic mass is 10.1. The standard InChI is InChI=1S/C14H15FN2O2/c1-2-7-17(9-13(18)19)14-12-8-11(15)4-3-10(12)5-6-16-14/h3-6,8H,2,7,9H2,1H3,(H,18,19). The molecule has 0 unspecified atom stereocenters. The lowest BCUT2D eigenvalue weighted by Gasteiger charge is -2.22. The Morgan fingerprint density at radius 1 is 1.42 bits per heavy atom. The minimum absolute atomic E-state index is 0.142. The van der Waals surface area contributed by atoms with Crippen molar-refractivity contribution in [1.82, 2.24) is 4.98 Å². The third-order valence-electron chi connectivity index (χ3n) is 2.83. The topological polar surface area (TPSA) is 53.4 Å². The number of aromatic nitrogens is 1. The van der Waals surface area contributed by atoms with E-state index in [1.54, 1.807) is 23.2 Å². The number of carbonyl (C=O) groups is 1. The summed E-state index contributed by atoms with van der Waals surface area (Å²) < 4.78 is 13.4. The fourth-order valence-electron chi connectivity index (χ4n) is 2.07. The number of fused-ring (bicyclic) bond motifs is 1. The molecular weight excluding hydrogens is 247 g/mol. The summed E-state index contributed by atoms with van der Waals surface area (Å²) in [5, 5.41) is 10.4. The van der Waals surface area contributed by atoms with Crippen LogP contribution in [0.15, 0.2) is 30.5 Å². The molecule has 4 nitrogen and oxygen atoms in total. The van der Waals surface area contributed by atoms with E-state index in [1.165, 1.54) is 12.1 Å². The van der Waals surface area contributed by atoms with Gasteiger partial charge in [-0.15, -0.1) is 0 Å². The molecule has 1 aromatic heterocycles. The predicted octanol–water partition coefficient (Wildman–Crippen LogP) is 2.67. The van der Waals surface area contributed by atoms with Crippen molar-refractivity contribution < 1.29 is 14.3 Å². The van der Waals surface area contributed by atoms with Gasteiger partial charge in [-0.1, -0.05) is 13.0 Å². The second-order valence-electron chi connectivity index (χ2n) is 4.32. The Hall–Kier alpha value is -2.17. The summed E-state index contributed by atoms with van der Waals surface area (Å²) in [6.07, 6.45) is 2.40. The second-order valence-corrected chi connectivity index (χ2v) is 4.32. The van der Waals surface area contributed by atoms with Crippen LogP contribution in [0.2, 0.25) is 0 Å². The maximum absolute atomic E-state index is 13.4. The van der Waals surface area contributed by atoms with Crippen LogP contribution in [0.1, 0.15) is 13.3 Å². The highest BCUT2D eigenvalue weighted by Crippen LogP contribution is 2.25. The summed E-state index contributed by atoms with van der Waals surface area (Å²) in [5.41, 5.74) is 0. The maximum Gasteiger partial charge on any atom is 0.323 e. The van der Waals surface area contributed by atoms with Crippen molar-refractivity contribution in [2.45, 2.75) is 13.3 Å². The van der Waals surface area contributed by atoms with Crippen LogP contribution in [0.5, 0.6) is 0 Å². The van der Waals surface area contributed by atoms with E-state index in [0.717, 1.165) is 11.8 Å². The summed E-state index contributed by atoms with van der Waals surface area (Å²) in [6, 6.07) is 6.22. The third kappa shape index (κ3) is 2.99. The summed E-state index contributed by atoms with van der Waals surface area (Å²) >= 11 is 0. The maximum atomic E-state index is 13.4. The van der Waals surface area contributed by atoms with Gasteiger partial charge in [0.15, 0.2) is 0 Å². The Balaban J connectivity index is 2.51. The molecule has 2 rings (SSSR count). The average Bonchev–Trinajstić information content (AvgIpc) is 2.37. The molecule has 0 aliphatic heterocycles. The molecule has 0 bridgehead atoms. The normalized spacial score (nSPS) is 10.6. The van der Waals surface area contributed by atoms with Gasteiger partial charge < -0.3 is 10.0 Å². The van der Waals surface area contributed by atoms with Crippen molar-refractivity contribution >= 4 is 22.6 Å². The summed E-state index contributed by atoms with van der Waals surface area (Å²) in [6.45, 7) is 2.38. The van der Waals surface area contributed by atoms with Gasteiger partial charge in [-0.3, -0.25) is 4.79 Å². The SMILES string of the molecule is CCCN(CC(=O)O)c1nccc2ccc(F)cc12. The van der Waals surface area contributed by atoms with Crippen molar-refractivity contribution in [1.29, 1.82) is 0 Å². The van der Waals surface area contributed by atoms with Gasteiger partial charge >= 0.3 is 5.97 Å². The molecule has 0 radical (unpaired) electrons. The molecule has 1 N–H and O–H groups in total. The molecular formula is C14H15FN2O2. The average molecular weight is 262 g/mol. The monoisotopic (exact) mass is 262 g/mol. The number of anilines is 1. The van der Waals surface area contributed by atoms with Gasteiger partial charge in [-0.25, -0.2) is 9.37 Å². The number of pyridine rings is 1. The Kier molecular flexibility index (Phi) is 3.94. The first-order valence-corrected chi connectivity index (χ1v) is 6.13.